The van der Waals surface area contributed by atoms with Crippen LogP contribution in [0.25, 0.3) is 0 Å². The van der Waals surface area contributed by atoms with Crippen LogP contribution in [0.4, 0.5) is 0 Å². The molecule has 0 bridgehead atoms. The van der Waals surface area contributed by atoms with Gasteiger partial charge in [-0.3, -0.25) is 4.99 Å². The van der Waals surface area contributed by atoms with Crippen molar-refractivity contribution < 1.29 is 0 Å². The van der Waals surface area contributed by atoms with Crippen molar-refractivity contribution in [3.8, 4) is 0 Å². The van der Waals surface area contributed by atoms with Gasteiger partial charge in [-0.05, 0) is 25.5 Å². The molecular formula is C10H13N. The van der Waals surface area contributed by atoms with Gasteiger partial charge in [0.15, 0.2) is 0 Å². The summed E-state index contributed by atoms with van der Waals surface area (Å²) in [5, 5.41) is 0. The van der Waals surface area contributed by atoms with Crippen molar-refractivity contribution in [3.63, 3.8) is 0 Å². The third-order valence-electron chi connectivity index (χ3n) is 1.39. The van der Waals surface area contributed by atoms with Crippen LogP contribution in [0.1, 0.15) is 13.8 Å². The Morgan fingerprint density at radius 1 is 1.27 bits per heavy atom. The van der Waals surface area contributed by atoms with Crippen molar-refractivity contribution in [2.24, 2.45) is 4.99 Å². The average Bonchev–Trinajstić information content (AvgIpc) is 1.93. The lowest BCUT2D eigenvalue weighted by Crippen LogP contribution is -2.02. The fourth-order valence-corrected chi connectivity index (χ4v) is 0.915. The highest BCUT2D eigenvalue weighted by molar-refractivity contribution is 6.11. The summed E-state index contributed by atoms with van der Waals surface area (Å²) in [6, 6.07) is 0.345. The van der Waals surface area contributed by atoms with Crippen LogP contribution in [0.5, 0.6) is 0 Å². The van der Waals surface area contributed by atoms with Gasteiger partial charge in [0.25, 0.3) is 0 Å². The van der Waals surface area contributed by atoms with E-state index in [1.807, 2.05) is 24.3 Å². The van der Waals surface area contributed by atoms with Crippen molar-refractivity contribution >= 4 is 5.71 Å². The van der Waals surface area contributed by atoms with Gasteiger partial charge in [0.2, 0.25) is 0 Å². The molecule has 1 aliphatic rings. The molecule has 0 heterocycles. The lowest BCUT2D eigenvalue weighted by atomic mass is 10.1. The number of hydrogen-bond acceptors (Lipinski definition) is 1. The average molecular weight is 147 g/mol. The summed E-state index contributed by atoms with van der Waals surface area (Å²) in [5.41, 5.74) is 2.00. The summed E-state index contributed by atoms with van der Waals surface area (Å²) in [7, 11) is 0. The quantitative estimate of drug-likeness (QED) is 0.540. The zero-order chi connectivity index (χ0) is 8.27. The second kappa shape index (κ2) is 3.33. The van der Waals surface area contributed by atoms with Crippen LogP contribution < -0.4 is 0 Å². The maximum absolute atomic E-state index is 4.40. The van der Waals surface area contributed by atoms with Gasteiger partial charge in [-0.2, -0.15) is 0 Å². The molecule has 58 valence electrons. The summed E-state index contributed by atoms with van der Waals surface area (Å²) in [6.45, 7) is 8.00. The largest absolute Gasteiger partial charge is 0.282 e. The van der Waals surface area contributed by atoms with Gasteiger partial charge in [-0.15, -0.1) is 0 Å². The van der Waals surface area contributed by atoms with Crippen molar-refractivity contribution in [2.75, 3.05) is 0 Å². The van der Waals surface area contributed by atoms with E-state index in [0.717, 1.165) is 11.3 Å². The monoisotopic (exact) mass is 147 g/mol. The minimum absolute atomic E-state index is 0.345. The molecule has 0 radical (unpaired) electrons. The molecule has 0 fully saturated rings. The molecule has 0 unspecified atom stereocenters. The van der Waals surface area contributed by atoms with Gasteiger partial charge in [-0.1, -0.05) is 24.8 Å². The highest BCUT2D eigenvalue weighted by atomic mass is 14.8. The standard InChI is InChI=1S/C10H13N/c1-8(2)11-10-7-5-4-6-9(10)3/h4-8H,3H2,1-2H3/b11-10-. The van der Waals surface area contributed by atoms with Gasteiger partial charge >= 0.3 is 0 Å². The lowest BCUT2D eigenvalue weighted by molar-refractivity contribution is 0.837. The van der Waals surface area contributed by atoms with Crippen LogP contribution in [0, 0.1) is 0 Å². The zero-order valence-electron chi connectivity index (χ0n) is 7.04. The Labute approximate surface area is 67.8 Å². The van der Waals surface area contributed by atoms with Crippen LogP contribution in [-0.4, -0.2) is 11.8 Å². The summed E-state index contributed by atoms with van der Waals surface area (Å²) in [4.78, 5) is 4.40. The minimum atomic E-state index is 0.345. The molecule has 0 atom stereocenters. The van der Waals surface area contributed by atoms with E-state index < -0.39 is 0 Å². The lowest BCUT2D eigenvalue weighted by Gasteiger charge is -2.05. The van der Waals surface area contributed by atoms with Crippen molar-refractivity contribution in [1.29, 1.82) is 0 Å². The summed E-state index contributed by atoms with van der Waals surface area (Å²) < 4.78 is 0. The molecular weight excluding hydrogens is 134 g/mol. The Balaban J connectivity index is 2.81. The first kappa shape index (κ1) is 7.99. The molecule has 11 heavy (non-hydrogen) atoms. The van der Waals surface area contributed by atoms with Gasteiger partial charge in [0.1, 0.15) is 0 Å². The Hall–Kier alpha value is -1.11. The van der Waals surface area contributed by atoms with Gasteiger partial charge in [0.05, 0.1) is 5.71 Å². The second-order valence-corrected chi connectivity index (χ2v) is 2.85. The molecule has 1 rings (SSSR count). The molecule has 0 N–H and O–H groups in total. The topological polar surface area (TPSA) is 12.4 Å². The molecule has 0 aromatic carbocycles. The van der Waals surface area contributed by atoms with Gasteiger partial charge in [0, 0.05) is 6.04 Å². The van der Waals surface area contributed by atoms with E-state index in [9.17, 15) is 0 Å². The highest BCUT2D eigenvalue weighted by Gasteiger charge is 2.00. The summed E-state index contributed by atoms with van der Waals surface area (Å²) >= 11 is 0. The predicted octanol–water partition coefficient (Wildman–Crippen LogP) is 2.52. The third-order valence-corrected chi connectivity index (χ3v) is 1.39. The predicted molar refractivity (Wildman–Crippen MR) is 50.0 cm³/mol. The SMILES string of the molecule is C=C1C=CC=C/C1=N/C(C)C. The first-order valence-electron chi connectivity index (χ1n) is 3.82. The number of allylic oxidation sites excluding steroid dienone is 5. The molecule has 0 aromatic rings. The molecule has 0 amide bonds. The van der Waals surface area contributed by atoms with E-state index in [-0.39, 0.29) is 0 Å². The molecule has 0 saturated carbocycles. The van der Waals surface area contributed by atoms with Crippen LogP contribution >= 0.6 is 0 Å². The number of nitrogens with zero attached hydrogens (tertiary/aromatic N) is 1. The van der Waals surface area contributed by atoms with Crippen LogP contribution in [-0.2, 0) is 0 Å². The maximum atomic E-state index is 4.40. The first-order chi connectivity index (χ1) is 5.20. The van der Waals surface area contributed by atoms with E-state index in [1.165, 1.54) is 0 Å². The van der Waals surface area contributed by atoms with Crippen LogP contribution in [0.3, 0.4) is 0 Å². The van der Waals surface area contributed by atoms with Gasteiger partial charge < -0.3 is 0 Å². The molecule has 1 heteroatoms. The molecule has 0 spiro atoms. The van der Waals surface area contributed by atoms with E-state index in [4.69, 9.17) is 0 Å². The Bertz CT molecular complexity index is 242. The minimum Gasteiger partial charge on any atom is -0.282 e. The maximum Gasteiger partial charge on any atom is 0.0643 e. The number of rotatable bonds is 1. The van der Waals surface area contributed by atoms with E-state index in [0.29, 0.717) is 6.04 Å². The zero-order valence-corrected chi connectivity index (χ0v) is 7.04. The Morgan fingerprint density at radius 2 is 1.91 bits per heavy atom. The van der Waals surface area contributed by atoms with E-state index in [2.05, 4.69) is 25.4 Å². The van der Waals surface area contributed by atoms with E-state index >= 15 is 0 Å². The molecule has 0 aromatic heterocycles. The highest BCUT2D eigenvalue weighted by Crippen LogP contribution is 2.06. The normalized spacial score (nSPS) is 20.3. The fourth-order valence-electron chi connectivity index (χ4n) is 0.915. The number of aliphatic imine (C=N–C) groups is 1. The first-order valence-corrected chi connectivity index (χ1v) is 3.82. The smallest absolute Gasteiger partial charge is 0.0643 e. The molecule has 0 saturated heterocycles. The van der Waals surface area contributed by atoms with Crippen molar-refractivity contribution in [2.45, 2.75) is 19.9 Å². The Kier molecular flexibility index (Phi) is 2.42. The Morgan fingerprint density at radius 3 is 2.45 bits per heavy atom. The second-order valence-electron chi connectivity index (χ2n) is 2.85. The summed E-state index contributed by atoms with van der Waals surface area (Å²) in [5.74, 6) is 0. The molecule has 1 aliphatic carbocycles. The van der Waals surface area contributed by atoms with Crippen molar-refractivity contribution in [3.05, 3.63) is 36.5 Å². The summed E-state index contributed by atoms with van der Waals surface area (Å²) in [6.07, 6.45) is 7.92. The van der Waals surface area contributed by atoms with Crippen molar-refractivity contribution in [1.82, 2.24) is 0 Å². The molecule has 0 aliphatic heterocycles. The van der Waals surface area contributed by atoms with Crippen LogP contribution in [0.2, 0.25) is 0 Å². The fraction of sp³-hybridized carbons (Fsp3) is 0.300. The number of hydrogen-bond donors (Lipinski definition) is 0. The van der Waals surface area contributed by atoms with Gasteiger partial charge in [-0.25, -0.2) is 0 Å². The van der Waals surface area contributed by atoms with E-state index in [1.54, 1.807) is 0 Å². The van der Waals surface area contributed by atoms with Crippen LogP contribution in [0.15, 0.2) is 41.4 Å². The third kappa shape index (κ3) is 2.19. The molecule has 1 nitrogen and oxygen atoms in total.